The number of hydrogen-bond donors (Lipinski definition) is 1. The molecule has 0 unspecified atom stereocenters. The summed E-state index contributed by atoms with van der Waals surface area (Å²) in [5.41, 5.74) is 1.44. The van der Waals surface area contributed by atoms with Gasteiger partial charge in [0, 0.05) is 47.6 Å². The highest BCUT2D eigenvalue weighted by Crippen LogP contribution is 2.28. The zero-order valence-electron chi connectivity index (χ0n) is 16.3. The number of hydrogen-bond acceptors (Lipinski definition) is 6. The third-order valence-corrected chi connectivity index (χ3v) is 6.31. The normalized spacial score (nSPS) is 15.3. The predicted molar refractivity (Wildman–Crippen MR) is 117 cm³/mol. The monoisotopic (exact) mass is 455 g/mol. The van der Waals surface area contributed by atoms with Crippen LogP contribution in [0.1, 0.15) is 20.8 Å². The molecule has 0 atom stereocenters. The molecule has 1 aromatic carbocycles. The Balaban J connectivity index is 1.49. The predicted octanol–water partition coefficient (Wildman–Crippen LogP) is 3.91. The topological polar surface area (TPSA) is 61.9 Å². The van der Waals surface area contributed by atoms with Crippen molar-refractivity contribution in [3.8, 4) is 0 Å². The van der Waals surface area contributed by atoms with Gasteiger partial charge in [0.05, 0.1) is 19.2 Å². The van der Waals surface area contributed by atoms with Crippen LogP contribution in [0, 0.1) is 6.92 Å². The van der Waals surface area contributed by atoms with Crippen LogP contribution in [-0.4, -0.2) is 61.5 Å². The fourth-order valence-corrected chi connectivity index (χ4v) is 4.62. The van der Waals surface area contributed by atoms with Crippen molar-refractivity contribution in [3.63, 3.8) is 0 Å². The third-order valence-electron chi connectivity index (χ3n) is 4.75. The molecule has 1 fully saturated rings. The molecule has 0 saturated carbocycles. The van der Waals surface area contributed by atoms with Gasteiger partial charge < -0.3 is 10.1 Å². The van der Waals surface area contributed by atoms with Gasteiger partial charge in [-0.1, -0.05) is 29.3 Å². The molecule has 2 aromatic rings. The molecule has 9 heteroatoms. The molecule has 1 aliphatic rings. The molecule has 1 aliphatic heterocycles. The van der Waals surface area contributed by atoms with E-state index in [1.165, 1.54) is 18.4 Å². The number of nitrogens with zero attached hydrogens (tertiary/aromatic N) is 2. The Morgan fingerprint density at radius 3 is 2.48 bits per heavy atom. The highest BCUT2D eigenvalue weighted by atomic mass is 35.5. The number of amides is 1. The first-order valence-corrected chi connectivity index (χ1v) is 10.8. The summed E-state index contributed by atoms with van der Waals surface area (Å²) in [6.45, 7) is 6.19. The first-order valence-electron chi connectivity index (χ1n) is 9.23. The summed E-state index contributed by atoms with van der Waals surface area (Å²) in [4.78, 5) is 29.7. The largest absolute Gasteiger partial charge is 0.465 e. The molecule has 1 aromatic heterocycles. The molecule has 1 N–H and O–H groups in total. The smallest absolute Gasteiger partial charge is 0.340 e. The Kier molecular flexibility index (Phi) is 7.54. The minimum Gasteiger partial charge on any atom is -0.465 e. The van der Waals surface area contributed by atoms with Crippen molar-refractivity contribution < 1.29 is 14.3 Å². The summed E-state index contributed by atoms with van der Waals surface area (Å²) in [6.07, 6.45) is 0. The summed E-state index contributed by atoms with van der Waals surface area (Å²) in [5, 5.41) is 4.69. The Morgan fingerprint density at radius 2 is 1.83 bits per heavy atom. The zero-order chi connectivity index (χ0) is 21.0. The van der Waals surface area contributed by atoms with Gasteiger partial charge in [0.15, 0.2) is 0 Å². The summed E-state index contributed by atoms with van der Waals surface area (Å²) < 4.78 is 4.78. The fourth-order valence-electron chi connectivity index (χ4n) is 3.23. The van der Waals surface area contributed by atoms with Crippen molar-refractivity contribution in [2.45, 2.75) is 13.5 Å². The second-order valence-corrected chi connectivity index (χ2v) is 9.03. The van der Waals surface area contributed by atoms with Crippen molar-refractivity contribution >= 4 is 51.4 Å². The molecule has 0 bridgehead atoms. The first kappa shape index (κ1) is 22.1. The lowest BCUT2D eigenvalue weighted by Gasteiger charge is -2.34. The van der Waals surface area contributed by atoms with Gasteiger partial charge in [-0.15, -0.1) is 11.3 Å². The van der Waals surface area contributed by atoms with E-state index >= 15 is 0 Å². The number of ether oxygens (including phenoxy) is 1. The number of rotatable bonds is 6. The Labute approximate surface area is 184 Å². The summed E-state index contributed by atoms with van der Waals surface area (Å²) >= 11 is 13.6. The first-order chi connectivity index (χ1) is 13.9. The van der Waals surface area contributed by atoms with Gasteiger partial charge in [0.2, 0.25) is 5.91 Å². The number of halogens is 2. The molecule has 0 aliphatic carbocycles. The number of anilines is 1. The minimum atomic E-state index is -0.445. The molecule has 1 amide bonds. The molecule has 2 heterocycles. The maximum Gasteiger partial charge on any atom is 0.340 e. The van der Waals surface area contributed by atoms with Crippen LogP contribution in [0.15, 0.2) is 24.3 Å². The number of carbonyl (C=O) groups excluding carboxylic acids is 2. The number of benzene rings is 1. The molecule has 0 spiro atoms. The Bertz CT molecular complexity index is 895. The Morgan fingerprint density at radius 1 is 1.14 bits per heavy atom. The van der Waals surface area contributed by atoms with E-state index < -0.39 is 5.97 Å². The SMILES string of the molecule is COC(=O)c1cc(C)sc1NC(=O)CN1CCN(Cc2ccc(Cl)cc2Cl)CC1. The van der Waals surface area contributed by atoms with E-state index in [1.807, 2.05) is 19.1 Å². The second kappa shape index (κ2) is 9.91. The maximum atomic E-state index is 12.5. The van der Waals surface area contributed by atoms with Crippen molar-refractivity contribution in [1.82, 2.24) is 9.80 Å². The van der Waals surface area contributed by atoms with Crippen LogP contribution in [0.3, 0.4) is 0 Å². The van der Waals surface area contributed by atoms with Crippen molar-refractivity contribution in [3.05, 3.63) is 50.3 Å². The van der Waals surface area contributed by atoms with Gasteiger partial charge in [-0.2, -0.15) is 0 Å². The summed E-state index contributed by atoms with van der Waals surface area (Å²) in [6, 6.07) is 7.28. The van der Waals surface area contributed by atoms with Crippen LogP contribution < -0.4 is 5.32 Å². The lowest BCUT2D eigenvalue weighted by atomic mass is 10.2. The van der Waals surface area contributed by atoms with Gasteiger partial charge in [-0.25, -0.2) is 4.79 Å². The van der Waals surface area contributed by atoms with Crippen LogP contribution in [0.25, 0.3) is 0 Å². The molecular weight excluding hydrogens is 433 g/mol. The van der Waals surface area contributed by atoms with E-state index in [4.69, 9.17) is 27.9 Å². The van der Waals surface area contributed by atoms with Crippen molar-refractivity contribution in [2.24, 2.45) is 0 Å². The molecule has 156 valence electrons. The number of thiophene rings is 1. The van der Waals surface area contributed by atoms with Crippen molar-refractivity contribution in [1.29, 1.82) is 0 Å². The number of aryl methyl sites for hydroxylation is 1. The van der Waals surface area contributed by atoms with E-state index in [2.05, 4.69) is 15.1 Å². The second-order valence-electron chi connectivity index (χ2n) is 6.93. The zero-order valence-corrected chi connectivity index (χ0v) is 18.7. The van der Waals surface area contributed by atoms with E-state index in [1.54, 1.807) is 12.1 Å². The van der Waals surface area contributed by atoms with Crippen LogP contribution in [-0.2, 0) is 16.1 Å². The number of methoxy groups -OCH3 is 1. The highest BCUT2D eigenvalue weighted by molar-refractivity contribution is 7.16. The lowest BCUT2D eigenvalue weighted by Crippen LogP contribution is -2.48. The number of piperazine rings is 1. The molecule has 29 heavy (non-hydrogen) atoms. The number of nitrogens with one attached hydrogen (secondary N) is 1. The van der Waals surface area contributed by atoms with Gasteiger partial charge in [-0.05, 0) is 30.7 Å². The molecule has 3 rings (SSSR count). The van der Waals surface area contributed by atoms with E-state index in [-0.39, 0.29) is 12.5 Å². The lowest BCUT2D eigenvalue weighted by molar-refractivity contribution is -0.117. The maximum absolute atomic E-state index is 12.5. The van der Waals surface area contributed by atoms with Crippen LogP contribution in [0.4, 0.5) is 5.00 Å². The van der Waals surface area contributed by atoms with E-state index in [0.29, 0.717) is 20.6 Å². The van der Waals surface area contributed by atoms with Gasteiger partial charge in [-0.3, -0.25) is 14.6 Å². The quantitative estimate of drug-likeness (QED) is 0.668. The van der Waals surface area contributed by atoms with Crippen molar-refractivity contribution in [2.75, 3.05) is 45.2 Å². The third kappa shape index (κ3) is 5.93. The molecule has 0 radical (unpaired) electrons. The van der Waals surface area contributed by atoms with E-state index in [0.717, 1.165) is 43.2 Å². The molecule has 1 saturated heterocycles. The summed E-state index contributed by atoms with van der Waals surface area (Å²) in [5.74, 6) is -0.578. The minimum absolute atomic E-state index is 0.133. The Hall–Kier alpha value is -1.64. The van der Waals surface area contributed by atoms with Gasteiger partial charge >= 0.3 is 5.97 Å². The number of carbonyl (C=O) groups is 2. The van der Waals surface area contributed by atoms with Crippen LogP contribution in [0.5, 0.6) is 0 Å². The van der Waals surface area contributed by atoms with Crippen LogP contribution >= 0.6 is 34.5 Å². The van der Waals surface area contributed by atoms with E-state index in [9.17, 15) is 9.59 Å². The van der Waals surface area contributed by atoms with Gasteiger partial charge in [0.25, 0.3) is 0 Å². The standard InChI is InChI=1S/C20H23Cl2N3O3S/c1-13-9-16(20(27)28-2)19(29-13)23-18(26)12-25-7-5-24(6-8-25)11-14-3-4-15(21)10-17(14)22/h3-4,9-10H,5-8,11-12H2,1-2H3,(H,23,26). The average Bonchev–Trinajstić information content (AvgIpc) is 3.04. The molecule has 6 nitrogen and oxygen atoms in total. The van der Waals surface area contributed by atoms with Crippen LogP contribution in [0.2, 0.25) is 10.0 Å². The fraction of sp³-hybridized carbons (Fsp3) is 0.400. The average molecular weight is 456 g/mol. The highest BCUT2D eigenvalue weighted by Gasteiger charge is 2.22. The van der Waals surface area contributed by atoms with Gasteiger partial charge in [0.1, 0.15) is 5.00 Å². The molecular formula is C20H23Cl2N3O3S. The summed E-state index contributed by atoms with van der Waals surface area (Å²) in [7, 11) is 1.33. The number of esters is 1.